The lowest BCUT2D eigenvalue weighted by atomic mass is 10.1. The normalized spacial score (nSPS) is 15.8. The Kier molecular flexibility index (Phi) is 6.42. The molecule has 5 rings (SSSR count). The summed E-state index contributed by atoms with van der Waals surface area (Å²) in [5.41, 5.74) is 2.82. The van der Waals surface area contributed by atoms with Gasteiger partial charge in [-0.25, -0.2) is 0 Å². The Labute approximate surface area is 207 Å². The van der Waals surface area contributed by atoms with Crippen LogP contribution in [0.25, 0.3) is 6.08 Å². The van der Waals surface area contributed by atoms with Crippen molar-refractivity contribution in [1.29, 1.82) is 0 Å². The standard InChI is InChI=1S/C26H21NO5S2/c1-29-22-11-18(7-9-20(22)30-15-17-5-3-2-4-6-17)13-24-25(28)27(26(33)34-24)14-19-8-10-21-23(12-19)32-16-31-21/h2-13H,14-16H2,1H3/b24-13-. The summed E-state index contributed by atoms with van der Waals surface area (Å²) in [6.45, 7) is 1.02. The van der Waals surface area contributed by atoms with E-state index in [0.717, 1.165) is 16.7 Å². The number of carbonyl (C=O) groups excluding carboxylic acids is 1. The van der Waals surface area contributed by atoms with Crippen molar-refractivity contribution in [3.63, 3.8) is 0 Å². The lowest BCUT2D eigenvalue weighted by molar-refractivity contribution is -0.122. The van der Waals surface area contributed by atoms with Gasteiger partial charge >= 0.3 is 0 Å². The number of ether oxygens (including phenoxy) is 4. The zero-order valence-electron chi connectivity index (χ0n) is 18.4. The van der Waals surface area contributed by atoms with Crippen LogP contribution in [0.3, 0.4) is 0 Å². The number of hydrogen-bond acceptors (Lipinski definition) is 7. The second-order valence-electron chi connectivity index (χ2n) is 7.64. The minimum Gasteiger partial charge on any atom is -0.493 e. The summed E-state index contributed by atoms with van der Waals surface area (Å²) in [5, 5.41) is 0. The molecule has 3 aromatic carbocycles. The molecule has 0 N–H and O–H groups in total. The van der Waals surface area contributed by atoms with Crippen molar-refractivity contribution in [3.05, 3.63) is 88.3 Å². The Balaban J connectivity index is 1.30. The number of amides is 1. The summed E-state index contributed by atoms with van der Waals surface area (Å²) >= 11 is 6.77. The van der Waals surface area contributed by atoms with Gasteiger partial charge in [-0.2, -0.15) is 0 Å². The van der Waals surface area contributed by atoms with Gasteiger partial charge in [-0.3, -0.25) is 9.69 Å². The van der Waals surface area contributed by atoms with Gasteiger partial charge in [0.2, 0.25) is 6.79 Å². The van der Waals surface area contributed by atoms with Crippen LogP contribution in [0, 0.1) is 0 Å². The van der Waals surface area contributed by atoms with E-state index in [2.05, 4.69) is 0 Å². The highest BCUT2D eigenvalue weighted by molar-refractivity contribution is 8.26. The van der Waals surface area contributed by atoms with Crippen molar-refractivity contribution >= 4 is 40.3 Å². The first-order chi connectivity index (χ1) is 16.6. The van der Waals surface area contributed by atoms with Crippen molar-refractivity contribution in [2.45, 2.75) is 13.2 Å². The van der Waals surface area contributed by atoms with Crippen LogP contribution in [0.4, 0.5) is 0 Å². The van der Waals surface area contributed by atoms with Gasteiger partial charge in [0, 0.05) is 0 Å². The van der Waals surface area contributed by atoms with Crippen LogP contribution in [0.5, 0.6) is 23.0 Å². The molecular weight excluding hydrogens is 470 g/mol. The number of hydrogen-bond donors (Lipinski definition) is 0. The molecular formula is C26H21NO5S2. The summed E-state index contributed by atoms with van der Waals surface area (Å²) in [7, 11) is 1.60. The highest BCUT2D eigenvalue weighted by Gasteiger charge is 2.32. The van der Waals surface area contributed by atoms with Gasteiger partial charge in [0.25, 0.3) is 5.91 Å². The molecule has 0 unspecified atom stereocenters. The fourth-order valence-corrected chi connectivity index (χ4v) is 4.89. The monoisotopic (exact) mass is 491 g/mol. The third-order valence-corrected chi connectivity index (χ3v) is 6.75. The molecule has 2 aliphatic heterocycles. The van der Waals surface area contributed by atoms with E-state index in [1.807, 2.05) is 72.8 Å². The van der Waals surface area contributed by atoms with Crippen LogP contribution >= 0.6 is 24.0 Å². The van der Waals surface area contributed by atoms with Gasteiger partial charge in [-0.15, -0.1) is 0 Å². The van der Waals surface area contributed by atoms with Crippen LogP contribution in [0.1, 0.15) is 16.7 Å². The number of nitrogens with zero attached hydrogens (tertiary/aromatic N) is 1. The van der Waals surface area contributed by atoms with Gasteiger partial charge in [0.1, 0.15) is 10.9 Å². The highest BCUT2D eigenvalue weighted by atomic mass is 32.2. The van der Waals surface area contributed by atoms with Gasteiger partial charge in [0.05, 0.1) is 18.6 Å². The van der Waals surface area contributed by atoms with Crippen molar-refractivity contribution in [2.75, 3.05) is 13.9 Å². The topological polar surface area (TPSA) is 57.2 Å². The quantitative estimate of drug-likeness (QED) is 0.324. The molecule has 0 atom stereocenters. The largest absolute Gasteiger partial charge is 0.493 e. The van der Waals surface area contributed by atoms with E-state index >= 15 is 0 Å². The Bertz CT molecular complexity index is 1280. The third kappa shape index (κ3) is 4.73. The summed E-state index contributed by atoms with van der Waals surface area (Å²) in [6, 6.07) is 21.2. The van der Waals surface area contributed by atoms with E-state index in [1.165, 1.54) is 11.8 Å². The number of carbonyl (C=O) groups is 1. The Morgan fingerprint density at radius 1 is 1.00 bits per heavy atom. The van der Waals surface area contributed by atoms with E-state index in [-0.39, 0.29) is 12.7 Å². The van der Waals surface area contributed by atoms with Crippen LogP contribution in [-0.2, 0) is 17.9 Å². The molecule has 1 saturated heterocycles. The number of thiocarbonyl (C=S) groups is 1. The lowest BCUT2D eigenvalue weighted by Crippen LogP contribution is -2.27. The van der Waals surface area contributed by atoms with Crippen molar-refractivity contribution in [2.24, 2.45) is 0 Å². The predicted octanol–water partition coefficient (Wildman–Crippen LogP) is 5.40. The molecule has 0 aliphatic carbocycles. The molecule has 6 nitrogen and oxygen atoms in total. The van der Waals surface area contributed by atoms with Gasteiger partial charge in [-0.05, 0) is 47.0 Å². The Morgan fingerprint density at radius 3 is 2.65 bits per heavy atom. The zero-order chi connectivity index (χ0) is 23.5. The summed E-state index contributed by atoms with van der Waals surface area (Å²) in [6.07, 6.45) is 1.82. The van der Waals surface area contributed by atoms with Crippen molar-refractivity contribution in [3.8, 4) is 23.0 Å². The minimum atomic E-state index is -0.129. The van der Waals surface area contributed by atoms with E-state index in [1.54, 1.807) is 12.0 Å². The van der Waals surface area contributed by atoms with E-state index in [0.29, 0.717) is 45.4 Å². The first-order valence-electron chi connectivity index (χ1n) is 10.6. The van der Waals surface area contributed by atoms with Crippen molar-refractivity contribution in [1.82, 2.24) is 4.90 Å². The second-order valence-corrected chi connectivity index (χ2v) is 9.32. The SMILES string of the molecule is COc1cc(/C=C2\SC(=S)N(Cc3ccc4c(c3)OCO4)C2=O)ccc1OCc1ccccc1. The maximum absolute atomic E-state index is 13.1. The fraction of sp³-hybridized carbons (Fsp3) is 0.154. The predicted molar refractivity (Wildman–Crippen MR) is 135 cm³/mol. The number of benzene rings is 3. The lowest BCUT2D eigenvalue weighted by Gasteiger charge is -2.14. The van der Waals surface area contributed by atoms with Crippen molar-refractivity contribution < 1.29 is 23.7 Å². The zero-order valence-corrected chi connectivity index (χ0v) is 20.0. The number of methoxy groups -OCH3 is 1. The van der Waals surface area contributed by atoms with Crippen LogP contribution in [-0.4, -0.2) is 29.0 Å². The van der Waals surface area contributed by atoms with Crippen LogP contribution in [0.2, 0.25) is 0 Å². The van der Waals surface area contributed by atoms with Gasteiger partial charge in [0.15, 0.2) is 23.0 Å². The van der Waals surface area contributed by atoms with Crippen LogP contribution < -0.4 is 18.9 Å². The molecule has 0 radical (unpaired) electrons. The molecule has 0 aromatic heterocycles. The summed E-state index contributed by atoms with van der Waals surface area (Å²) in [4.78, 5) is 15.2. The van der Waals surface area contributed by atoms with Gasteiger partial charge in [-0.1, -0.05) is 66.4 Å². The molecule has 0 bridgehead atoms. The average molecular weight is 492 g/mol. The molecule has 1 fully saturated rings. The molecule has 0 spiro atoms. The van der Waals surface area contributed by atoms with Crippen LogP contribution in [0.15, 0.2) is 71.6 Å². The van der Waals surface area contributed by atoms with Gasteiger partial charge < -0.3 is 18.9 Å². The number of rotatable bonds is 7. The maximum Gasteiger partial charge on any atom is 0.266 e. The number of fused-ring (bicyclic) bond motifs is 1. The smallest absolute Gasteiger partial charge is 0.266 e. The second kappa shape index (κ2) is 9.79. The highest BCUT2D eigenvalue weighted by Crippen LogP contribution is 2.37. The summed E-state index contributed by atoms with van der Waals surface area (Å²) < 4.78 is 22.8. The molecule has 0 saturated carbocycles. The van der Waals surface area contributed by atoms with E-state index < -0.39 is 0 Å². The Morgan fingerprint density at radius 2 is 1.82 bits per heavy atom. The number of thioether (sulfide) groups is 1. The summed E-state index contributed by atoms with van der Waals surface area (Å²) in [5.74, 6) is 2.50. The molecule has 1 amide bonds. The van der Waals surface area contributed by atoms with E-state index in [9.17, 15) is 4.79 Å². The maximum atomic E-state index is 13.1. The third-order valence-electron chi connectivity index (χ3n) is 5.37. The first kappa shape index (κ1) is 22.3. The first-order valence-corrected chi connectivity index (χ1v) is 11.8. The fourth-order valence-electron chi connectivity index (χ4n) is 3.64. The molecule has 3 aromatic rings. The molecule has 34 heavy (non-hydrogen) atoms. The molecule has 172 valence electrons. The molecule has 2 aliphatic rings. The average Bonchev–Trinajstić information content (AvgIpc) is 3.43. The Hall–Kier alpha value is -3.49. The molecule has 8 heteroatoms. The molecule has 2 heterocycles. The van der Waals surface area contributed by atoms with E-state index in [4.69, 9.17) is 31.2 Å². The minimum absolute atomic E-state index is 0.129.